The maximum Gasteiger partial charge on any atom is 0.271 e. The molecule has 10 heteroatoms. The first-order chi connectivity index (χ1) is 18.4. The lowest BCUT2D eigenvalue weighted by Gasteiger charge is -2.19. The molecule has 1 aromatic heterocycles. The molecule has 3 aromatic carbocycles. The van der Waals surface area contributed by atoms with Crippen LogP contribution >= 0.6 is 11.3 Å². The van der Waals surface area contributed by atoms with Crippen molar-refractivity contribution in [1.29, 1.82) is 0 Å². The second-order valence-electron chi connectivity index (χ2n) is 8.20. The topological polar surface area (TPSA) is 102 Å². The largest absolute Gasteiger partial charge is 0.611 e. The second kappa shape index (κ2) is 12.9. The molecule has 0 bridgehead atoms. The minimum Gasteiger partial charge on any atom is -0.611 e. The van der Waals surface area contributed by atoms with E-state index in [0.29, 0.717) is 50.7 Å². The predicted octanol–water partition coefficient (Wildman–Crippen LogP) is 5.99. The molecule has 2 unspecified atom stereocenters. The van der Waals surface area contributed by atoms with Crippen LogP contribution in [0.5, 0.6) is 23.0 Å². The van der Waals surface area contributed by atoms with Gasteiger partial charge in [-0.15, -0.1) is 0 Å². The van der Waals surface area contributed by atoms with E-state index in [2.05, 4.69) is 10.3 Å². The van der Waals surface area contributed by atoms with E-state index in [1.54, 1.807) is 56.7 Å². The van der Waals surface area contributed by atoms with E-state index in [9.17, 15) is 9.35 Å². The molecular weight excluding hydrogens is 524 g/mol. The summed E-state index contributed by atoms with van der Waals surface area (Å²) in [6.07, 6.45) is -0.0671. The standard InChI is InChI=1S/C28H30N2O6S2/c1-5-15-35-19-9-11-20(12-10-19)36-26(18-7-13-21(14-8-18)38(32)6-2)27(31)30-28-29-22-16-23(33-3)24(34-4)17-25(22)37-28/h7-14,16-17,26H,5-6,15H2,1-4H3,(H,29,30,31). The summed E-state index contributed by atoms with van der Waals surface area (Å²) in [7, 11) is 3.13. The van der Waals surface area contributed by atoms with Crippen molar-refractivity contribution in [3.05, 3.63) is 66.2 Å². The summed E-state index contributed by atoms with van der Waals surface area (Å²) in [5.41, 5.74) is 1.30. The van der Waals surface area contributed by atoms with E-state index in [1.807, 2.05) is 32.0 Å². The van der Waals surface area contributed by atoms with Crippen molar-refractivity contribution in [3.8, 4) is 23.0 Å². The lowest BCUT2D eigenvalue weighted by molar-refractivity contribution is -0.123. The SMILES string of the molecule is CCCOc1ccc(OC(C(=O)Nc2nc3cc(OC)c(OC)cc3s2)c2ccc([S+]([O-])CC)cc2)cc1. The Balaban J connectivity index is 1.60. The molecule has 0 saturated carbocycles. The van der Waals surface area contributed by atoms with Gasteiger partial charge in [-0.2, -0.15) is 0 Å². The maximum atomic E-state index is 13.5. The first kappa shape index (κ1) is 27.6. The number of hydrogen-bond donors (Lipinski definition) is 1. The smallest absolute Gasteiger partial charge is 0.271 e. The summed E-state index contributed by atoms with van der Waals surface area (Å²) in [5.74, 6) is 2.50. The average Bonchev–Trinajstić information content (AvgIpc) is 3.35. The first-order valence-electron chi connectivity index (χ1n) is 12.2. The van der Waals surface area contributed by atoms with Crippen LogP contribution in [0.3, 0.4) is 0 Å². The van der Waals surface area contributed by atoms with Crippen molar-refractivity contribution >= 4 is 43.8 Å². The third-order valence-electron chi connectivity index (χ3n) is 5.62. The molecule has 0 aliphatic carbocycles. The number of rotatable bonds is 12. The summed E-state index contributed by atoms with van der Waals surface area (Å²) in [4.78, 5) is 18.8. The van der Waals surface area contributed by atoms with E-state index >= 15 is 0 Å². The summed E-state index contributed by atoms with van der Waals surface area (Å²) < 4.78 is 35.6. The van der Waals surface area contributed by atoms with Crippen LogP contribution in [-0.4, -0.2) is 42.0 Å². The van der Waals surface area contributed by atoms with Crippen molar-refractivity contribution < 1.29 is 28.3 Å². The Morgan fingerprint density at radius 3 is 2.29 bits per heavy atom. The summed E-state index contributed by atoms with van der Waals surface area (Å²) in [6.45, 7) is 4.53. The van der Waals surface area contributed by atoms with Gasteiger partial charge in [0.15, 0.2) is 21.5 Å². The summed E-state index contributed by atoms with van der Waals surface area (Å²) in [5, 5.41) is 3.31. The fourth-order valence-corrected chi connectivity index (χ4v) is 5.34. The lowest BCUT2D eigenvalue weighted by Crippen LogP contribution is -2.25. The maximum absolute atomic E-state index is 13.5. The highest BCUT2D eigenvalue weighted by atomic mass is 32.2. The highest BCUT2D eigenvalue weighted by Gasteiger charge is 2.25. The zero-order valence-electron chi connectivity index (χ0n) is 21.7. The van der Waals surface area contributed by atoms with Gasteiger partial charge in [0.1, 0.15) is 17.3 Å². The fraction of sp³-hybridized carbons (Fsp3) is 0.286. The number of carbonyl (C=O) groups is 1. The molecule has 0 fully saturated rings. The molecule has 0 radical (unpaired) electrons. The predicted molar refractivity (Wildman–Crippen MR) is 150 cm³/mol. The number of ether oxygens (including phenoxy) is 4. The molecule has 0 saturated heterocycles. The fourth-order valence-electron chi connectivity index (χ4n) is 3.68. The van der Waals surface area contributed by atoms with Crippen LogP contribution < -0.4 is 24.3 Å². The van der Waals surface area contributed by atoms with Crippen LogP contribution in [-0.2, 0) is 16.0 Å². The molecule has 38 heavy (non-hydrogen) atoms. The van der Waals surface area contributed by atoms with Crippen LogP contribution in [0, 0.1) is 0 Å². The molecule has 1 amide bonds. The van der Waals surface area contributed by atoms with E-state index in [4.69, 9.17) is 18.9 Å². The molecule has 0 spiro atoms. The van der Waals surface area contributed by atoms with Crippen LogP contribution in [0.2, 0.25) is 0 Å². The van der Waals surface area contributed by atoms with Gasteiger partial charge in [0.05, 0.1) is 31.0 Å². The first-order valence-corrected chi connectivity index (χ1v) is 14.3. The van der Waals surface area contributed by atoms with E-state index in [0.717, 1.165) is 16.9 Å². The Kier molecular flexibility index (Phi) is 9.33. The van der Waals surface area contributed by atoms with Crippen molar-refractivity contribution in [2.45, 2.75) is 31.3 Å². The Morgan fingerprint density at radius 1 is 1.00 bits per heavy atom. The van der Waals surface area contributed by atoms with Crippen molar-refractivity contribution in [3.63, 3.8) is 0 Å². The normalized spacial score (nSPS) is 12.6. The number of nitrogens with zero attached hydrogens (tertiary/aromatic N) is 1. The van der Waals surface area contributed by atoms with E-state index < -0.39 is 23.2 Å². The number of anilines is 1. The van der Waals surface area contributed by atoms with Gasteiger partial charge in [-0.05, 0) is 73.1 Å². The number of thiazole rings is 1. The number of nitrogens with one attached hydrogen (secondary N) is 1. The Bertz CT molecular complexity index is 1320. The molecule has 200 valence electrons. The zero-order chi connectivity index (χ0) is 27.1. The van der Waals surface area contributed by atoms with Gasteiger partial charge in [-0.25, -0.2) is 4.98 Å². The quantitative estimate of drug-likeness (QED) is 0.215. The van der Waals surface area contributed by atoms with Gasteiger partial charge in [-0.1, -0.05) is 18.3 Å². The van der Waals surface area contributed by atoms with Gasteiger partial charge < -0.3 is 23.5 Å². The van der Waals surface area contributed by atoms with Crippen molar-refractivity contribution in [2.75, 3.05) is 31.9 Å². The van der Waals surface area contributed by atoms with Crippen molar-refractivity contribution in [1.82, 2.24) is 4.98 Å². The number of fused-ring (bicyclic) bond motifs is 1. The number of benzene rings is 3. The van der Waals surface area contributed by atoms with Gasteiger partial charge in [0, 0.05) is 17.7 Å². The van der Waals surface area contributed by atoms with Gasteiger partial charge in [-0.3, -0.25) is 10.1 Å². The monoisotopic (exact) mass is 554 g/mol. The van der Waals surface area contributed by atoms with Gasteiger partial charge in [0.2, 0.25) is 6.10 Å². The molecule has 0 aliphatic heterocycles. The van der Waals surface area contributed by atoms with Crippen LogP contribution in [0.1, 0.15) is 31.9 Å². The van der Waals surface area contributed by atoms with E-state index in [-0.39, 0.29) is 0 Å². The average molecular weight is 555 g/mol. The second-order valence-corrected chi connectivity index (χ2v) is 11.0. The van der Waals surface area contributed by atoms with Gasteiger partial charge in [0.25, 0.3) is 5.91 Å². The Hall–Kier alpha value is -3.47. The number of aromatic nitrogens is 1. The Morgan fingerprint density at radius 2 is 1.66 bits per heavy atom. The Labute approximate surface area is 229 Å². The van der Waals surface area contributed by atoms with Crippen LogP contribution in [0.15, 0.2) is 65.6 Å². The highest BCUT2D eigenvalue weighted by Crippen LogP contribution is 2.36. The molecule has 8 nitrogen and oxygen atoms in total. The van der Waals surface area contributed by atoms with Crippen LogP contribution in [0.4, 0.5) is 5.13 Å². The summed E-state index contributed by atoms with van der Waals surface area (Å²) in [6, 6.07) is 17.8. The minimum absolute atomic E-state index is 0.390. The molecule has 2 atom stereocenters. The third kappa shape index (κ3) is 6.50. The minimum atomic E-state index is -1.10. The number of amides is 1. The van der Waals surface area contributed by atoms with E-state index in [1.165, 1.54) is 11.3 Å². The number of methoxy groups -OCH3 is 2. The molecule has 0 aliphatic rings. The van der Waals surface area contributed by atoms with Gasteiger partial charge >= 0.3 is 0 Å². The number of hydrogen-bond acceptors (Lipinski definition) is 8. The molecule has 4 aromatic rings. The van der Waals surface area contributed by atoms with Crippen LogP contribution in [0.25, 0.3) is 10.2 Å². The zero-order valence-corrected chi connectivity index (χ0v) is 23.3. The van der Waals surface area contributed by atoms with Crippen molar-refractivity contribution in [2.24, 2.45) is 0 Å². The molecule has 1 heterocycles. The molecular formula is C28H30N2O6S2. The third-order valence-corrected chi connectivity index (χ3v) is 7.88. The molecule has 4 rings (SSSR count). The summed E-state index contributed by atoms with van der Waals surface area (Å²) >= 11 is 0.225. The highest BCUT2D eigenvalue weighted by molar-refractivity contribution is 7.91. The number of carbonyl (C=O) groups excluding carboxylic acids is 1. The molecule has 1 N–H and O–H groups in total. The lowest BCUT2D eigenvalue weighted by atomic mass is 10.1.